The number of carboxylic acids is 1. The van der Waals surface area contributed by atoms with Gasteiger partial charge in [-0.05, 0) is 85.4 Å². The number of rotatable bonds is 10. The summed E-state index contributed by atoms with van der Waals surface area (Å²) in [6.45, 7) is 7.36. The number of nitrogens with one attached hydrogen (secondary N) is 1. The minimum atomic E-state index is -4.79. The number of alkyl halides is 3. The van der Waals surface area contributed by atoms with Crippen molar-refractivity contribution >= 4 is 17.7 Å². The zero-order chi connectivity index (χ0) is 28.6. The number of benzene rings is 2. The summed E-state index contributed by atoms with van der Waals surface area (Å²) in [6, 6.07) is 12.1. The second-order valence-corrected chi connectivity index (χ2v) is 11.0. The summed E-state index contributed by atoms with van der Waals surface area (Å²) in [4.78, 5) is 25.9. The van der Waals surface area contributed by atoms with Crippen LogP contribution in [-0.4, -0.2) is 41.0 Å². The largest absolute Gasteiger partial charge is 0.573 e. The van der Waals surface area contributed by atoms with Crippen molar-refractivity contribution in [2.24, 2.45) is 11.3 Å². The summed E-state index contributed by atoms with van der Waals surface area (Å²) in [5, 5.41) is 11.6. The Balaban J connectivity index is 1.69. The molecule has 2 aromatic rings. The molecule has 1 aliphatic rings. The van der Waals surface area contributed by atoms with Crippen molar-refractivity contribution in [3.8, 4) is 11.5 Å². The molecular formula is C29H37F3N2O5. The van der Waals surface area contributed by atoms with Crippen molar-refractivity contribution in [1.29, 1.82) is 0 Å². The molecule has 0 bridgehead atoms. The molecule has 0 aliphatic heterocycles. The van der Waals surface area contributed by atoms with Crippen molar-refractivity contribution in [3.05, 3.63) is 54.1 Å². The van der Waals surface area contributed by atoms with E-state index in [0.29, 0.717) is 36.9 Å². The quantitative estimate of drug-likeness (QED) is 0.300. The Morgan fingerprint density at radius 2 is 1.54 bits per heavy atom. The maximum atomic E-state index is 13.4. The van der Waals surface area contributed by atoms with E-state index in [0.717, 1.165) is 43.4 Å². The van der Waals surface area contributed by atoms with Gasteiger partial charge < -0.3 is 24.8 Å². The molecule has 2 amide bonds. The van der Waals surface area contributed by atoms with Crippen molar-refractivity contribution in [1.82, 2.24) is 4.90 Å². The molecule has 1 saturated carbocycles. The van der Waals surface area contributed by atoms with Crippen LogP contribution in [0.2, 0.25) is 0 Å². The van der Waals surface area contributed by atoms with E-state index >= 15 is 0 Å². The second-order valence-electron chi connectivity index (χ2n) is 11.0. The van der Waals surface area contributed by atoms with E-state index in [1.54, 1.807) is 17.0 Å². The fourth-order valence-corrected chi connectivity index (χ4v) is 4.86. The molecule has 0 unspecified atom stereocenters. The third-order valence-electron chi connectivity index (χ3n) is 7.04. The number of ether oxygens (including phenoxy) is 2. The van der Waals surface area contributed by atoms with Crippen LogP contribution >= 0.6 is 0 Å². The van der Waals surface area contributed by atoms with Crippen LogP contribution in [0.5, 0.6) is 11.5 Å². The monoisotopic (exact) mass is 550 g/mol. The second kappa shape index (κ2) is 13.1. The fourth-order valence-electron chi connectivity index (χ4n) is 4.86. The Morgan fingerprint density at radius 1 is 0.949 bits per heavy atom. The number of anilines is 1. The molecule has 0 heterocycles. The molecule has 2 N–H and O–H groups in total. The van der Waals surface area contributed by atoms with Crippen LogP contribution in [0.3, 0.4) is 0 Å². The smallest absolute Gasteiger partial charge is 0.494 e. The van der Waals surface area contributed by atoms with Gasteiger partial charge in [0.2, 0.25) is 0 Å². The Labute approximate surface area is 227 Å². The number of carboxylic acid groups (broad SMARTS) is 1. The molecule has 39 heavy (non-hydrogen) atoms. The highest BCUT2D eigenvalue weighted by Gasteiger charge is 2.34. The summed E-state index contributed by atoms with van der Waals surface area (Å²) in [6.07, 6.45) is -0.609. The van der Waals surface area contributed by atoms with Gasteiger partial charge in [-0.3, -0.25) is 4.79 Å². The molecule has 0 aromatic heterocycles. The molecule has 0 spiro atoms. The van der Waals surface area contributed by atoms with Crippen LogP contribution in [0.1, 0.15) is 64.9 Å². The maximum Gasteiger partial charge on any atom is 0.573 e. The third kappa shape index (κ3) is 10.00. The lowest BCUT2D eigenvalue weighted by Gasteiger charge is -2.41. The van der Waals surface area contributed by atoms with E-state index in [1.807, 2.05) is 12.1 Å². The minimum absolute atomic E-state index is 0.0170. The zero-order valence-electron chi connectivity index (χ0n) is 22.6. The lowest BCUT2D eigenvalue weighted by molar-refractivity contribution is -0.274. The number of amides is 2. The van der Waals surface area contributed by atoms with E-state index in [2.05, 4.69) is 30.8 Å². The molecule has 214 valence electrons. The number of carbonyl (C=O) groups excluding carboxylic acids is 1. The van der Waals surface area contributed by atoms with E-state index in [4.69, 9.17) is 9.84 Å². The van der Waals surface area contributed by atoms with Gasteiger partial charge in [0.1, 0.15) is 11.5 Å². The number of carbonyl (C=O) groups is 2. The molecule has 0 saturated heterocycles. The first-order valence-corrected chi connectivity index (χ1v) is 13.2. The van der Waals surface area contributed by atoms with Crippen LogP contribution in [0.15, 0.2) is 48.5 Å². The molecule has 2 aromatic carbocycles. The van der Waals surface area contributed by atoms with Crippen molar-refractivity contribution in [3.63, 3.8) is 0 Å². The standard InChI is InChI=1S/C29H37F3N2O5/c1-28(2,3)21-8-12-23(13-9-21)34(19-20-6-14-24(15-7-20)38-18-4-5-26(35)36)27(37)33-22-10-16-25(17-11-22)39-29(30,31)32/h6-7,10-11,14-17,21,23H,4-5,8-9,12-13,18-19H2,1-3H3,(H,33,37)(H,35,36). The van der Waals surface area contributed by atoms with Gasteiger partial charge in [0.05, 0.1) is 6.61 Å². The van der Waals surface area contributed by atoms with Crippen LogP contribution in [-0.2, 0) is 11.3 Å². The average molecular weight is 551 g/mol. The third-order valence-corrected chi connectivity index (χ3v) is 7.04. The molecule has 1 aliphatic carbocycles. The van der Waals surface area contributed by atoms with Gasteiger partial charge in [0.15, 0.2) is 0 Å². The molecule has 1 fully saturated rings. The molecule has 10 heteroatoms. The minimum Gasteiger partial charge on any atom is -0.494 e. The topological polar surface area (TPSA) is 88.1 Å². The number of urea groups is 1. The highest BCUT2D eigenvalue weighted by atomic mass is 19.4. The molecule has 0 radical (unpaired) electrons. The zero-order valence-corrected chi connectivity index (χ0v) is 22.6. The number of aliphatic carboxylic acids is 1. The summed E-state index contributed by atoms with van der Waals surface area (Å²) in [5.74, 6) is -0.0399. The normalized spacial score (nSPS) is 17.8. The van der Waals surface area contributed by atoms with Crippen LogP contribution in [0.25, 0.3) is 0 Å². The summed E-state index contributed by atoms with van der Waals surface area (Å²) in [5.41, 5.74) is 1.46. The van der Waals surface area contributed by atoms with E-state index in [1.165, 1.54) is 12.1 Å². The maximum absolute atomic E-state index is 13.4. The number of halogens is 3. The number of hydrogen-bond donors (Lipinski definition) is 2. The van der Waals surface area contributed by atoms with Gasteiger partial charge in [-0.2, -0.15) is 0 Å². The average Bonchev–Trinajstić information content (AvgIpc) is 2.85. The highest BCUT2D eigenvalue weighted by Crippen LogP contribution is 2.39. The number of hydrogen-bond acceptors (Lipinski definition) is 4. The van der Waals surface area contributed by atoms with Crippen LogP contribution in [0, 0.1) is 11.3 Å². The lowest BCUT2D eigenvalue weighted by Crippen LogP contribution is -2.45. The first-order valence-electron chi connectivity index (χ1n) is 13.2. The van der Waals surface area contributed by atoms with Crippen molar-refractivity contribution in [2.45, 2.75) is 78.2 Å². The Hall–Kier alpha value is -3.43. The van der Waals surface area contributed by atoms with Gasteiger partial charge in [-0.25, -0.2) is 4.79 Å². The predicted octanol–water partition coefficient (Wildman–Crippen LogP) is 7.47. The highest BCUT2D eigenvalue weighted by molar-refractivity contribution is 5.89. The first-order chi connectivity index (χ1) is 18.3. The summed E-state index contributed by atoms with van der Waals surface area (Å²) >= 11 is 0. The Bertz CT molecular complexity index is 1070. The van der Waals surface area contributed by atoms with Gasteiger partial charge in [0, 0.05) is 24.7 Å². The van der Waals surface area contributed by atoms with Gasteiger partial charge in [0.25, 0.3) is 0 Å². The molecule has 7 nitrogen and oxygen atoms in total. The molecule has 3 rings (SSSR count). The van der Waals surface area contributed by atoms with Crippen LogP contribution < -0.4 is 14.8 Å². The molecular weight excluding hydrogens is 513 g/mol. The van der Waals surface area contributed by atoms with E-state index < -0.39 is 12.3 Å². The summed E-state index contributed by atoms with van der Waals surface area (Å²) in [7, 11) is 0. The SMILES string of the molecule is CC(C)(C)C1CCC(N(Cc2ccc(OCCCC(=O)O)cc2)C(=O)Nc2ccc(OC(F)(F)F)cc2)CC1. The Kier molecular flexibility index (Phi) is 10.1. The lowest BCUT2D eigenvalue weighted by atomic mass is 9.71. The summed E-state index contributed by atoms with van der Waals surface area (Å²) < 4.78 is 46.9. The van der Waals surface area contributed by atoms with Crippen LogP contribution in [0.4, 0.5) is 23.7 Å². The van der Waals surface area contributed by atoms with E-state index in [-0.39, 0.29) is 29.7 Å². The van der Waals surface area contributed by atoms with E-state index in [9.17, 15) is 22.8 Å². The number of nitrogens with zero attached hydrogens (tertiary/aromatic N) is 1. The van der Waals surface area contributed by atoms with Crippen molar-refractivity contribution in [2.75, 3.05) is 11.9 Å². The fraction of sp³-hybridized carbons (Fsp3) is 0.517. The van der Waals surface area contributed by atoms with Gasteiger partial charge in [-0.15, -0.1) is 13.2 Å². The van der Waals surface area contributed by atoms with Gasteiger partial charge in [-0.1, -0.05) is 32.9 Å². The van der Waals surface area contributed by atoms with Gasteiger partial charge >= 0.3 is 18.4 Å². The Morgan fingerprint density at radius 3 is 2.08 bits per heavy atom. The first kappa shape index (κ1) is 30.1. The van der Waals surface area contributed by atoms with Crippen molar-refractivity contribution < 1.29 is 37.3 Å². The molecule has 0 atom stereocenters. The predicted molar refractivity (Wildman–Crippen MR) is 142 cm³/mol.